The lowest BCUT2D eigenvalue weighted by atomic mass is 10.1. The van der Waals surface area contributed by atoms with Crippen LogP contribution < -0.4 is 4.74 Å². The standard InChI is InChI=1S/C11H11ClO3/c1-15-9-4-2-8(3-5-9)6-10(13)11(14)7-12/h2-5H,6-7H2,1H3. The van der Waals surface area contributed by atoms with Gasteiger partial charge in [0, 0.05) is 6.42 Å². The third-order valence-electron chi connectivity index (χ3n) is 1.96. The minimum atomic E-state index is -0.549. The summed E-state index contributed by atoms with van der Waals surface area (Å²) in [5, 5.41) is 0. The number of benzene rings is 1. The van der Waals surface area contributed by atoms with E-state index < -0.39 is 11.6 Å². The van der Waals surface area contributed by atoms with Gasteiger partial charge in [0.1, 0.15) is 5.75 Å². The van der Waals surface area contributed by atoms with Gasteiger partial charge in [-0.2, -0.15) is 0 Å². The molecule has 80 valence electrons. The molecule has 0 heterocycles. The van der Waals surface area contributed by atoms with Gasteiger partial charge in [-0.15, -0.1) is 11.6 Å². The Hall–Kier alpha value is -1.35. The topological polar surface area (TPSA) is 43.4 Å². The van der Waals surface area contributed by atoms with Crippen molar-refractivity contribution >= 4 is 23.2 Å². The number of Topliss-reactive ketones (excluding diaryl/α,β-unsaturated/α-hetero) is 2. The summed E-state index contributed by atoms with van der Waals surface area (Å²) < 4.78 is 4.97. The quantitative estimate of drug-likeness (QED) is 0.566. The molecule has 0 aliphatic rings. The van der Waals surface area contributed by atoms with Crippen molar-refractivity contribution in [1.29, 1.82) is 0 Å². The van der Waals surface area contributed by atoms with Gasteiger partial charge in [-0.3, -0.25) is 9.59 Å². The fraction of sp³-hybridized carbons (Fsp3) is 0.273. The average Bonchev–Trinajstić information content (AvgIpc) is 2.29. The zero-order chi connectivity index (χ0) is 11.3. The van der Waals surface area contributed by atoms with E-state index in [1.807, 2.05) is 0 Å². The molecule has 1 aromatic carbocycles. The highest BCUT2D eigenvalue weighted by Gasteiger charge is 2.12. The molecule has 0 saturated carbocycles. The number of ketones is 2. The Morgan fingerprint density at radius 1 is 1.20 bits per heavy atom. The van der Waals surface area contributed by atoms with Crippen molar-refractivity contribution in [1.82, 2.24) is 0 Å². The number of alkyl halides is 1. The number of hydrogen-bond acceptors (Lipinski definition) is 3. The molecular weight excluding hydrogens is 216 g/mol. The summed E-state index contributed by atoms with van der Waals surface area (Å²) in [6, 6.07) is 6.98. The molecule has 15 heavy (non-hydrogen) atoms. The predicted molar refractivity (Wildman–Crippen MR) is 57.4 cm³/mol. The van der Waals surface area contributed by atoms with Gasteiger partial charge in [0.15, 0.2) is 0 Å². The second kappa shape index (κ2) is 5.51. The summed E-state index contributed by atoms with van der Waals surface area (Å²) in [5.74, 6) is -0.549. The van der Waals surface area contributed by atoms with E-state index >= 15 is 0 Å². The first-order valence-corrected chi connectivity index (χ1v) is 4.95. The highest BCUT2D eigenvalue weighted by Crippen LogP contribution is 2.11. The summed E-state index contributed by atoms with van der Waals surface area (Å²) >= 11 is 5.27. The van der Waals surface area contributed by atoms with E-state index in [1.54, 1.807) is 31.4 Å². The van der Waals surface area contributed by atoms with Crippen molar-refractivity contribution in [2.75, 3.05) is 13.0 Å². The third kappa shape index (κ3) is 3.36. The van der Waals surface area contributed by atoms with E-state index in [0.717, 1.165) is 11.3 Å². The minimum absolute atomic E-state index is 0.0928. The molecule has 0 N–H and O–H groups in total. The molecular formula is C11H11ClO3. The van der Waals surface area contributed by atoms with Gasteiger partial charge in [-0.05, 0) is 17.7 Å². The maximum atomic E-state index is 11.2. The molecule has 1 aromatic rings. The normalized spacial score (nSPS) is 9.73. The lowest BCUT2D eigenvalue weighted by Crippen LogP contribution is -2.17. The van der Waals surface area contributed by atoms with Gasteiger partial charge in [0.2, 0.25) is 11.6 Å². The summed E-state index contributed by atoms with van der Waals surface area (Å²) in [7, 11) is 1.57. The molecule has 0 saturated heterocycles. The Bertz CT molecular complexity index is 357. The second-order valence-corrected chi connectivity index (χ2v) is 3.27. The zero-order valence-corrected chi connectivity index (χ0v) is 9.08. The molecule has 0 radical (unpaired) electrons. The van der Waals surface area contributed by atoms with E-state index in [2.05, 4.69) is 0 Å². The van der Waals surface area contributed by atoms with Gasteiger partial charge >= 0.3 is 0 Å². The van der Waals surface area contributed by atoms with Crippen molar-refractivity contribution < 1.29 is 14.3 Å². The molecule has 3 nitrogen and oxygen atoms in total. The summed E-state index contributed by atoms with van der Waals surface area (Å²) in [6.07, 6.45) is 0.0928. The van der Waals surface area contributed by atoms with Crippen molar-refractivity contribution in [3.8, 4) is 5.75 Å². The van der Waals surface area contributed by atoms with Crippen molar-refractivity contribution in [2.24, 2.45) is 0 Å². The molecule has 0 aromatic heterocycles. The Kier molecular flexibility index (Phi) is 4.31. The zero-order valence-electron chi connectivity index (χ0n) is 8.33. The fourth-order valence-corrected chi connectivity index (χ4v) is 1.25. The number of halogens is 1. The lowest BCUT2D eigenvalue weighted by Gasteiger charge is -2.01. The number of carbonyl (C=O) groups excluding carboxylic acids is 2. The van der Waals surface area contributed by atoms with Crippen molar-refractivity contribution in [3.05, 3.63) is 29.8 Å². The number of carbonyl (C=O) groups is 2. The van der Waals surface area contributed by atoms with E-state index in [9.17, 15) is 9.59 Å². The van der Waals surface area contributed by atoms with E-state index in [0.29, 0.717) is 0 Å². The lowest BCUT2D eigenvalue weighted by molar-refractivity contribution is -0.134. The third-order valence-corrected chi connectivity index (χ3v) is 2.20. The van der Waals surface area contributed by atoms with E-state index in [-0.39, 0.29) is 12.3 Å². The molecule has 0 aliphatic carbocycles. The first-order chi connectivity index (χ1) is 7.17. The van der Waals surface area contributed by atoms with Crippen molar-refractivity contribution in [2.45, 2.75) is 6.42 Å². The molecule has 0 amide bonds. The second-order valence-electron chi connectivity index (χ2n) is 3.00. The van der Waals surface area contributed by atoms with Crippen LogP contribution in [0, 0.1) is 0 Å². The van der Waals surface area contributed by atoms with Crippen LogP contribution in [0.3, 0.4) is 0 Å². The number of rotatable bonds is 5. The van der Waals surface area contributed by atoms with Crippen LogP contribution in [-0.4, -0.2) is 24.6 Å². The maximum Gasteiger partial charge on any atom is 0.213 e. The fourth-order valence-electron chi connectivity index (χ4n) is 1.10. The Balaban J connectivity index is 2.65. The summed E-state index contributed by atoms with van der Waals surface area (Å²) in [6.45, 7) is 0. The molecule has 0 fully saturated rings. The SMILES string of the molecule is COc1ccc(CC(=O)C(=O)CCl)cc1. The molecule has 4 heteroatoms. The molecule has 0 unspecified atom stereocenters. The Labute approximate surface area is 93.0 Å². The average molecular weight is 227 g/mol. The predicted octanol–water partition coefficient (Wildman–Crippen LogP) is 1.61. The minimum Gasteiger partial charge on any atom is -0.497 e. The highest BCUT2D eigenvalue weighted by molar-refractivity contribution is 6.47. The smallest absolute Gasteiger partial charge is 0.213 e. The van der Waals surface area contributed by atoms with Crippen LogP contribution in [0.1, 0.15) is 5.56 Å². The first kappa shape index (κ1) is 11.7. The van der Waals surface area contributed by atoms with E-state index in [4.69, 9.17) is 16.3 Å². The molecule has 0 spiro atoms. The van der Waals surface area contributed by atoms with Crippen LogP contribution in [-0.2, 0) is 16.0 Å². The van der Waals surface area contributed by atoms with Crippen LogP contribution in [0.15, 0.2) is 24.3 Å². The molecule has 0 atom stereocenters. The Morgan fingerprint density at radius 3 is 2.27 bits per heavy atom. The van der Waals surface area contributed by atoms with Gasteiger partial charge in [-0.25, -0.2) is 0 Å². The van der Waals surface area contributed by atoms with Crippen LogP contribution in [0.2, 0.25) is 0 Å². The molecule has 0 aliphatic heterocycles. The molecule has 0 bridgehead atoms. The maximum absolute atomic E-state index is 11.2. The van der Waals surface area contributed by atoms with Crippen molar-refractivity contribution in [3.63, 3.8) is 0 Å². The van der Waals surface area contributed by atoms with Crippen LogP contribution in [0.25, 0.3) is 0 Å². The number of methoxy groups -OCH3 is 1. The van der Waals surface area contributed by atoms with Crippen LogP contribution in [0.5, 0.6) is 5.75 Å². The van der Waals surface area contributed by atoms with Crippen LogP contribution in [0.4, 0.5) is 0 Å². The number of hydrogen-bond donors (Lipinski definition) is 0. The Morgan fingerprint density at radius 2 is 1.80 bits per heavy atom. The molecule has 1 rings (SSSR count). The number of ether oxygens (including phenoxy) is 1. The van der Waals surface area contributed by atoms with E-state index in [1.165, 1.54) is 0 Å². The van der Waals surface area contributed by atoms with Crippen LogP contribution >= 0.6 is 11.6 Å². The summed E-state index contributed by atoms with van der Waals surface area (Å²) in [5.41, 5.74) is 0.777. The monoisotopic (exact) mass is 226 g/mol. The van der Waals surface area contributed by atoms with Gasteiger partial charge in [-0.1, -0.05) is 12.1 Å². The van der Waals surface area contributed by atoms with Gasteiger partial charge in [0.05, 0.1) is 13.0 Å². The first-order valence-electron chi connectivity index (χ1n) is 4.42. The largest absolute Gasteiger partial charge is 0.497 e. The van der Waals surface area contributed by atoms with Gasteiger partial charge < -0.3 is 4.74 Å². The highest BCUT2D eigenvalue weighted by atomic mass is 35.5. The van der Waals surface area contributed by atoms with Gasteiger partial charge in [0.25, 0.3) is 0 Å². The summed E-state index contributed by atoms with van der Waals surface area (Å²) in [4.78, 5) is 22.2.